The van der Waals surface area contributed by atoms with E-state index in [4.69, 9.17) is 4.74 Å². The Hall–Kier alpha value is -2.62. The van der Waals surface area contributed by atoms with Gasteiger partial charge in [-0.3, -0.25) is 10.1 Å². The van der Waals surface area contributed by atoms with Crippen LogP contribution in [0.5, 0.6) is 5.75 Å². The van der Waals surface area contributed by atoms with Crippen LogP contribution in [0.15, 0.2) is 53.5 Å². The maximum Gasteiger partial charge on any atom is 0.194 e. The third-order valence-electron chi connectivity index (χ3n) is 4.94. The van der Waals surface area contributed by atoms with Gasteiger partial charge in [-0.25, -0.2) is 4.98 Å². The molecule has 2 aromatic carbocycles. The molecule has 0 spiro atoms. The van der Waals surface area contributed by atoms with E-state index in [1.807, 2.05) is 31.3 Å². The van der Waals surface area contributed by atoms with Crippen LogP contribution in [0.3, 0.4) is 0 Å². The second-order valence-corrected chi connectivity index (χ2v) is 6.68. The minimum atomic E-state index is 0. The number of halogens is 1. The van der Waals surface area contributed by atoms with E-state index in [2.05, 4.69) is 54.7 Å². The van der Waals surface area contributed by atoms with Crippen molar-refractivity contribution in [1.29, 1.82) is 0 Å². The Labute approximate surface area is 187 Å². The number of hydrogen-bond acceptors (Lipinski definition) is 4. The molecule has 2 N–H and O–H groups in total. The van der Waals surface area contributed by atoms with Crippen molar-refractivity contribution in [2.45, 2.75) is 19.5 Å². The number of H-pyrrole nitrogens is 1. The second kappa shape index (κ2) is 9.73. The molecule has 2 heterocycles. The first-order chi connectivity index (χ1) is 13.8. The van der Waals surface area contributed by atoms with Gasteiger partial charge in [0.2, 0.25) is 0 Å². The van der Waals surface area contributed by atoms with Gasteiger partial charge in [0.15, 0.2) is 11.8 Å². The first kappa shape index (κ1) is 21.1. The number of guanidine groups is 1. The fourth-order valence-corrected chi connectivity index (χ4v) is 3.42. The number of hydrogen-bond donors (Lipinski definition) is 2. The molecule has 29 heavy (non-hydrogen) atoms. The minimum absolute atomic E-state index is 0. The molecule has 0 bridgehead atoms. The summed E-state index contributed by atoms with van der Waals surface area (Å²) in [6.45, 7) is 2.35. The summed E-state index contributed by atoms with van der Waals surface area (Å²) in [5.41, 5.74) is 3.73. The van der Waals surface area contributed by atoms with E-state index >= 15 is 0 Å². The summed E-state index contributed by atoms with van der Waals surface area (Å²) in [4.78, 5) is 11.3. The van der Waals surface area contributed by atoms with Crippen molar-refractivity contribution in [3.63, 3.8) is 0 Å². The number of nitrogens with one attached hydrogen (secondary N) is 2. The van der Waals surface area contributed by atoms with Crippen molar-refractivity contribution in [1.82, 2.24) is 25.4 Å². The van der Waals surface area contributed by atoms with E-state index in [9.17, 15) is 0 Å². The molecule has 0 atom stereocenters. The number of aliphatic imine (C=N–C) groups is 1. The Morgan fingerprint density at radius 2 is 1.93 bits per heavy atom. The molecule has 0 fully saturated rings. The highest BCUT2D eigenvalue weighted by molar-refractivity contribution is 14.0. The monoisotopic (exact) mass is 504 g/mol. The molecule has 152 valence electrons. The number of ether oxygens (including phenoxy) is 1. The largest absolute Gasteiger partial charge is 0.497 e. The smallest absolute Gasteiger partial charge is 0.194 e. The minimum Gasteiger partial charge on any atom is -0.497 e. The van der Waals surface area contributed by atoms with Crippen LogP contribution in [0.4, 0.5) is 0 Å². The fraction of sp³-hybridized carbons (Fsp3) is 0.286. The summed E-state index contributed by atoms with van der Waals surface area (Å²) in [5, 5.41) is 10.7. The van der Waals surface area contributed by atoms with Gasteiger partial charge in [0, 0.05) is 25.7 Å². The van der Waals surface area contributed by atoms with Crippen LogP contribution in [0, 0.1) is 0 Å². The van der Waals surface area contributed by atoms with Crippen LogP contribution in [0.1, 0.15) is 17.0 Å². The summed E-state index contributed by atoms with van der Waals surface area (Å²) >= 11 is 0. The third kappa shape index (κ3) is 4.87. The van der Waals surface area contributed by atoms with E-state index in [1.54, 1.807) is 7.11 Å². The van der Waals surface area contributed by atoms with Crippen molar-refractivity contribution in [3.8, 4) is 17.1 Å². The Bertz CT molecular complexity index is 969. The average molecular weight is 504 g/mol. The quantitative estimate of drug-likeness (QED) is 0.324. The fourth-order valence-electron chi connectivity index (χ4n) is 3.42. The standard InChI is InChI=1S/C21H24N6O.HI/c1-22-21(27-12-11-15-5-3-4-6-17(15)14-27)23-13-19-24-20(26-25-19)16-7-9-18(28-2)10-8-16;/h3-10H,11-14H2,1-2H3,(H,22,23)(H,24,25,26);1H. The number of methoxy groups -OCH3 is 1. The van der Waals surface area contributed by atoms with Crippen LogP contribution in [0.25, 0.3) is 11.4 Å². The number of aromatic nitrogens is 3. The Morgan fingerprint density at radius 3 is 2.66 bits per heavy atom. The molecule has 3 aromatic rings. The van der Waals surface area contributed by atoms with Crippen molar-refractivity contribution in [2.75, 3.05) is 20.7 Å². The van der Waals surface area contributed by atoms with Gasteiger partial charge in [0.25, 0.3) is 0 Å². The van der Waals surface area contributed by atoms with Gasteiger partial charge in [-0.1, -0.05) is 24.3 Å². The molecule has 0 saturated heterocycles. The van der Waals surface area contributed by atoms with Crippen LogP contribution in [0.2, 0.25) is 0 Å². The molecule has 1 aliphatic heterocycles. The average Bonchev–Trinajstić information content (AvgIpc) is 3.23. The summed E-state index contributed by atoms with van der Waals surface area (Å²) in [6.07, 6.45) is 1.03. The molecular formula is C21H25IN6O. The summed E-state index contributed by atoms with van der Waals surface area (Å²) < 4.78 is 5.19. The molecular weight excluding hydrogens is 479 g/mol. The molecule has 4 rings (SSSR count). The normalized spacial score (nSPS) is 13.4. The van der Waals surface area contributed by atoms with Crippen molar-refractivity contribution < 1.29 is 4.74 Å². The van der Waals surface area contributed by atoms with E-state index in [1.165, 1.54) is 11.1 Å². The maximum atomic E-state index is 5.19. The molecule has 1 aromatic heterocycles. The Morgan fingerprint density at radius 1 is 1.17 bits per heavy atom. The molecule has 7 nitrogen and oxygen atoms in total. The number of fused-ring (bicyclic) bond motifs is 1. The summed E-state index contributed by atoms with van der Waals surface area (Å²) in [7, 11) is 3.46. The highest BCUT2D eigenvalue weighted by atomic mass is 127. The van der Waals surface area contributed by atoms with Gasteiger partial charge in [-0.2, -0.15) is 5.10 Å². The van der Waals surface area contributed by atoms with Gasteiger partial charge in [0.05, 0.1) is 13.7 Å². The van der Waals surface area contributed by atoms with Crippen LogP contribution in [-0.4, -0.2) is 46.7 Å². The SMILES string of the molecule is CN=C(NCc1nc(-c2ccc(OC)cc2)n[nH]1)N1CCc2ccccc2C1.I. The van der Waals surface area contributed by atoms with Crippen molar-refractivity contribution in [2.24, 2.45) is 4.99 Å². The lowest BCUT2D eigenvalue weighted by atomic mass is 10.0. The first-order valence-corrected chi connectivity index (χ1v) is 9.35. The third-order valence-corrected chi connectivity index (χ3v) is 4.94. The molecule has 0 radical (unpaired) electrons. The lowest BCUT2D eigenvalue weighted by molar-refractivity contribution is 0.378. The number of rotatable bonds is 4. The van der Waals surface area contributed by atoms with Crippen LogP contribution >= 0.6 is 24.0 Å². The van der Waals surface area contributed by atoms with Crippen molar-refractivity contribution in [3.05, 3.63) is 65.5 Å². The molecule has 0 aliphatic carbocycles. The highest BCUT2D eigenvalue weighted by Crippen LogP contribution is 2.20. The summed E-state index contributed by atoms with van der Waals surface area (Å²) in [6, 6.07) is 16.3. The zero-order valence-electron chi connectivity index (χ0n) is 16.6. The van der Waals surface area contributed by atoms with Crippen LogP contribution in [-0.2, 0) is 19.5 Å². The lowest BCUT2D eigenvalue weighted by Gasteiger charge is -2.31. The Balaban J connectivity index is 0.00000240. The van der Waals surface area contributed by atoms with Gasteiger partial charge in [0.1, 0.15) is 11.6 Å². The molecule has 0 saturated carbocycles. The van der Waals surface area contributed by atoms with E-state index in [-0.39, 0.29) is 24.0 Å². The number of benzene rings is 2. The van der Waals surface area contributed by atoms with Gasteiger partial charge >= 0.3 is 0 Å². The van der Waals surface area contributed by atoms with E-state index in [0.29, 0.717) is 12.4 Å². The predicted octanol–water partition coefficient (Wildman–Crippen LogP) is 3.23. The van der Waals surface area contributed by atoms with Gasteiger partial charge in [-0.05, 0) is 41.8 Å². The molecule has 1 aliphatic rings. The summed E-state index contributed by atoms with van der Waals surface area (Å²) in [5.74, 6) is 3.12. The topological polar surface area (TPSA) is 78.4 Å². The van der Waals surface area contributed by atoms with Gasteiger partial charge < -0.3 is 15.0 Å². The zero-order chi connectivity index (χ0) is 19.3. The lowest BCUT2D eigenvalue weighted by Crippen LogP contribution is -2.43. The van der Waals surface area contributed by atoms with Gasteiger partial charge in [-0.15, -0.1) is 24.0 Å². The van der Waals surface area contributed by atoms with Crippen LogP contribution < -0.4 is 10.1 Å². The molecule has 0 unspecified atom stereocenters. The molecule has 0 amide bonds. The second-order valence-electron chi connectivity index (χ2n) is 6.68. The highest BCUT2D eigenvalue weighted by Gasteiger charge is 2.18. The predicted molar refractivity (Wildman–Crippen MR) is 125 cm³/mol. The first-order valence-electron chi connectivity index (χ1n) is 9.35. The number of nitrogens with zero attached hydrogens (tertiary/aromatic N) is 4. The Kier molecular flexibility index (Phi) is 7.08. The maximum absolute atomic E-state index is 5.19. The van der Waals surface area contributed by atoms with E-state index in [0.717, 1.165) is 42.6 Å². The zero-order valence-corrected chi connectivity index (χ0v) is 18.9. The number of aromatic amines is 1. The molecule has 8 heteroatoms. The van der Waals surface area contributed by atoms with E-state index < -0.39 is 0 Å². The van der Waals surface area contributed by atoms with Crippen molar-refractivity contribution >= 4 is 29.9 Å².